The second-order valence-electron chi connectivity index (χ2n) is 6.78. The molecule has 7 nitrogen and oxygen atoms in total. The molecule has 2 N–H and O–H groups in total. The van der Waals surface area contributed by atoms with Gasteiger partial charge in [0.1, 0.15) is 11.4 Å². The van der Waals surface area contributed by atoms with Crippen molar-refractivity contribution in [2.24, 2.45) is 0 Å². The number of carbonyl (C=O) groups excluding carboxylic acids is 1. The van der Waals surface area contributed by atoms with E-state index in [2.05, 4.69) is 25.0 Å². The molecule has 2 heterocycles. The highest BCUT2D eigenvalue weighted by molar-refractivity contribution is 5.94. The van der Waals surface area contributed by atoms with Crippen molar-refractivity contribution in [2.75, 3.05) is 6.61 Å². The Morgan fingerprint density at radius 2 is 1.81 bits per heavy atom. The lowest BCUT2D eigenvalue weighted by Gasteiger charge is -2.13. The Hall–Kier alpha value is -3.53. The normalized spacial score (nSPS) is 12.3. The standard InChI is InChI=1S/C21H19F3N4O3/c1-12-3-4-15(10-25-12)19-27-17(9-18(28-19)20(30)26-13(2)11-29)14-5-7-16(8-6-14)31-21(22,23)24/h3-10,13,29H,11H2,1-2H3,(H,26,30). The predicted molar refractivity (Wildman–Crippen MR) is 106 cm³/mol. The molecule has 0 fully saturated rings. The maximum atomic E-state index is 12.6. The average Bonchev–Trinajstić information content (AvgIpc) is 2.73. The summed E-state index contributed by atoms with van der Waals surface area (Å²) in [6, 6.07) is 9.56. The molecule has 1 unspecified atom stereocenters. The van der Waals surface area contributed by atoms with Crippen LogP contribution in [0.1, 0.15) is 23.1 Å². The van der Waals surface area contributed by atoms with Crippen LogP contribution in [0.3, 0.4) is 0 Å². The summed E-state index contributed by atoms with van der Waals surface area (Å²) < 4.78 is 41.1. The maximum absolute atomic E-state index is 12.6. The number of nitrogens with zero attached hydrogens (tertiary/aromatic N) is 3. The summed E-state index contributed by atoms with van der Waals surface area (Å²) in [6.07, 6.45) is -3.23. The summed E-state index contributed by atoms with van der Waals surface area (Å²) >= 11 is 0. The first-order chi connectivity index (χ1) is 14.6. The number of hydrogen-bond donors (Lipinski definition) is 2. The minimum absolute atomic E-state index is 0.0384. The number of amides is 1. The fraction of sp³-hybridized carbons (Fsp3) is 0.238. The Labute approximate surface area is 176 Å². The van der Waals surface area contributed by atoms with Crippen molar-refractivity contribution < 1.29 is 27.8 Å². The zero-order valence-electron chi connectivity index (χ0n) is 16.6. The number of hydrogen-bond acceptors (Lipinski definition) is 6. The number of ether oxygens (including phenoxy) is 1. The van der Waals surface area contributed by atoms with Crippen LogP contribution in [0.2, 0.25) is 0 Å². The van der Waals surface area contributed by atoms with Crippen LogP contribution in [-0.4, -0.2) is 45.0 Å². The van der Waals surface area contributed by atoms with E-state index in [0.717, 1.165) is 17.8 Å². The molecule has 0 spiro atoms. The largest absolute Gasteiger partial charge is 0.573 e. The van der Waals surface area contributed by atoms with Gasteiger partial charge in [-0.1, -0.05) is 0 Å². The second-order valence-corrected chi connectivity index (χ2v) is 6.78. The van der Waals surface area contributed by atoms with Gasteiger partial charge in [-0.05, 0) is 56.3 Å². The van der Waals surface area contributed by atoms with Crippen LogP contribution in [-0.2, 0) is 0 Å². The molecular weight excluding hydrogens is 413 g/mol. The van der Waals surface area contributed by atoms with Gasteiger partial charge in [-0.2, -0.15) is 0 Å². The fourth-order valence-electron chi connectivity index (χ4n) is 2.61. The van der Waals surface area contributed by atoms with Gasteiger partial charge in [0.15, 0.2) is 5.82 Å². The van der Waals surface area contributed by atoms with Crippen molar-refractivity contribution in [1.29, 1.82) is 0 Å². The zero-order chi connectivity index (χ0) is 22.6. The Balaban J connectivity index is 2.02. The molecule has 0 aliphatic carbocycles. The van der Waals surface area contributed by atoms with Crippen molar-refractivity contribution in [2.45, 2.75) is 26.3 Å². The number of rotatable bonds is 6. The van der Waals surface area contributed by atoms with Gasteiger partial charge in [-0.3, -0.25) is 9.78 Å². The Morgan fingerprint density at radius 1 is 1.13 bits per heavy atom. The molecule has 1 aromatic carbocycles. The quantitative estimate of drug-likeness (QED) is 0.619. The monoisotopic (exact) mass is 432 g/mol. The Morgan fingerprint density at radius 3 is 2.39 bits per heavy atom. The van der Waals surface area contributed by atoms with Gasteiger partial charge in [0.2, 0.25) is 0 Å². The van der Waals surface area contributed by atoms with E-state index in [1.807, 2.05) is 6.92 Å². The van der Waals surface area contributed by atoms with Crippen LogP contribution in [0.15, 0.2) is 48.7 Å². The number of aryl methyl sites for hydroxylation is 1. The number of alkyl halides is 3. The number of nitrogens with one attached hydrogen (secondary N) is 1. The molecule has 0 aliphatic rings. The molecule has 0 saturated carbocycles. The van der Waals surface area contributed by atoms with Crippen molar-refractivity contribution in [3.8, 4) is 28.4 Å². The third-order valence-electron chi connectivity index (χ3n) is 4.16. The van der Waals surface area contributed by atoms with Crippen LogP contribution >= 0.6 is 0 Å². The van der Waals surface area contributed by atoms with Crippen molar-refractivity contribution >= 4 is 5.91 Å². The molecule has 162 valence electrons. The lowest BCUT2D eigenvalue weighted by atomic mass is 10.1. The van der Waals surface area contributed by atoms with Gasteiger partial charge in [0, 0.05) is 29.1 Å². The third-order valence-corrected chi connectivity index (χ3v) is 4.16. The minimum Gasteiger partial charge on any atom is -0.406 e. The van der Waals surface area contributed by atoms with E-state index in [9.17, 15) is 23.1 Å². The summed E-state index contributed by atoms with van der Waals surface area (Å²) in [5.74, 6) is -0.672. The summed E-state index contributed by atoms with van der Waals surface area (Å²) in [5.41, 5.74) is 2.17. The highest BCUT2D eigenvalue weighted by Gasteiger charge is 2.31. The van der Waals surface area contributed by atoms with Crippen molar-refractivity contribution in [1.82, 2.24) is 20.3 Å². The van der Waals surface area contributed by atoms with Gasteiger partial charge in [0.05, 0.1) is 12.3 Å². The van der Waals surface area contributed by atoms with E-state index >= 15 is 0 Å². The summed E-state index contributed by atoms with van der Waals surface area (Å²) in [7, 11) is 0. The molecule has 1 amide bonds. The number of aliphatic hydroxyl groups is 1. The number of carbonyl (C=O) groups is 1. The summed E-state index contributed by atoms with van der Waals surface area (Å²) in [5, 5.41) is 11.8. The van der Waals surface area contributed by atoms with Crippen LogP contribution in [0.4, 0.5) is 13.2 Å². The van der Waals surface area contributed by atoms with Gasteiger partial charge in [0.25, 0.3) is 5.91 Å². The van der Waals surface area contributed by atoms with Crippen LogP contribution < -0.4 is 10.1 Å². The molecule has 1 atom stereocenters. The van der Waals surface area contributed by atoms with E-state index in [1.54, 1.807) is 25.3 Å². The van der Waals surface area contributed by atoms with E-state index < -0.39 is 18.3 Å². The highest BCUT2D eigenvalue weighted by Crippen LogP contribution is 2.27. The topological polar surface area (TPSA) is 97.2 Å². The molecule has 10 heteroatoms. The van der Waals surface area contributed by atoms with Crippen LogP contribution in [0.5, 0.6) is 5.75 Å². The van der Waals surface area contributed by atoms with Gasteiger partial charge in [-0.25, -0.2) is 9.97 Å². The third kappa shape index (κ3) is 5.98. The minimum atomic E-state index is -4.79. The maximum Gasteiger partial charge on any atom is 0.573 e. The molecule has 31 heavy (non-hydrogen) atoms. The number of pyridine rings is 1. The summed E-state index contributed by atoms with van der Waals surface area (Å²) in [6.45, 7) is 3.20. The second kappa shape index (κ2) is 9.09. The lowest BCUT2D eigenvalue weighted by molar-refractivity contribution is -0.274. The molecule has 0 aliphatic heterocycles. The number of aliphatic hydroxyl groups excluding tert-OH is 1. The van der Waals surface area contributed by atoms with Crippen LogP contribution in [0, 0.1) is 6.92 Å². The van der Waals surface area contributed by atoms with Crippen molar-refractivity contribution in [3.05, 3.63) is 60.0 Å². The first-order valence-corrected chi connectivity index (χ1v) is 9.24. The molecule has 0 bridgehead atoms. The predicted octanol–water partition coefficient (Wildman–Crippen LogP) is 3.52. The van der Waals surface area contributed by atoms with E-state index in [0.29, 0.717) is 16.8 Å². The van der Waals surface area contributed by atoms with E-state index in [-0.39, 0.29) is 23.9 Å². The number of aromatic nitrogens is 3. The van der Waals surface area contributed by atoms with Gasteiger partial charge >= 0.3 is 6.36 Å². The van der Waals surface area contributed by atoms with Crippen LogP contribution in [0.25, 0.3) is 22.6 Å². The molecule has 3 aromatic rings. The number of benzene rings is 1. The lowest BCUT2D eigenvalue weighted by Crippen LogP contribution is -2.35. The fourth-order valence-corrected chi connectivity index (χ4v) is 2.61. The van der Waals surface area contributed by atoms with E-state index in [4.69, 9.17) is 0 Å². The zero-order valence-corrected chi connectivity index (χ0v) is 16.6. The van der Waals surface area contributed by atoms with E-state index in [1.165, 1.54) is 18.2 Å². The Kier molecular flexibility index (Phi) is 6.50. The highest BCUT2D eigenvalue weighted by atomic mass is 19.4. The molecule has 0 radical (unpaired) electrons. The van der Waals surface area contributed by atoms with Gasteiger partial charge in [-0.15, -0.1) is 13.2 Å². The average molecular weight is 432 g/mol. The van der Waals surface area contributed by atoms with Crippen molar-refractivity contribution in [3.63, 3.8) is 0 Å². The first kappa shape index (κ1) is 22.2. The number of halogens is 3. The molecular formula is C21H19F3N4O3. The SMILES string of the molecule is Cc1ccc(-c2nc(C(=O)NC(C)CO)cc(-c3ccc(OC(F)(F)F)cc3)n2)cn1. The first-order valence-electron chi connectivity index (χ1n) is 9.24. The van der Waals surface area contributed by atoms with Gasteiger partial charge < -0.3 is 15.2 Å². The summed E-state index contributed by atoms with van der Waals surface area (Å²) in [4.78, 5) is 25.5. The molecule has 0 saturated heterocycles. The molecule has 3 rings (SSSR count). The smallest absolute Gasteiger partial charge is 0.406 e. The molecule has 2 aromatic heterocycles. The Bertz CT molecular complexity index is 1050.